The molecule has 132 valence electrons. The molecule has 0 amide bonds. The molecular formula is C21H15N3O2S. The van der Waals surface area contributed by atoms with Gasteiger partial charge in [0.25, 0.3) is 0 Å². The van der Waals surface area contributed by atoms with Crippen molar-refractivity contribution in [2.45, 2.75) is 24.6 Å². The maximum absolute atomic E-state index is 12.0. The van der Waals surface area contributed by atoms with Crippen molar-refractivity contribution in [3.63, 3.8) is 0 Å². The van der Waals surface area contributed by atoms with Gasteiger partial charge in [0, 0.05) is 17.2 Å². The monoisotopic (exact) mass is 373 g/mol. The molecule has 0 fully saturated rings. The first-order valence-corrected chi connectivity index (χ1v) is 9.38. The second-order valence-corrected chi connectivity index (χ2v) is 7.15. The molecule has 0 saturated heterocycles. The van der Waals surface area contributed by atoms with E-state index in [1.807, 2.05) is 36.4 Å². The summed E-state index contributed by atoms with van der Waals surface area (Å²) in [6.07, 6.45) is 0. The van der Waals surface area contributed by atoms with E-state index in [4.69, 9.17) is 4.42 Å². The fraction of sp³-hybridized carbons (Fsp3) is 0.143. The highest BCUT2D eigenvalue weighted by atomic mass is 32.2. The summed E-state index contributed by atoms with van der Waals surface area (Å²) in [6.45, 7) is 3.61. The van der Waals surface area contributed by atoms with Gasteiger partial charge in [0.1, 0.15) is 28.1 Å². The Hall–Kier alpha value is -3.17. The first-order chi connectivity index (χ1) is 13.1. The summed E-state index contributed by atoms with van der Waals surface area (Å²) in [5, 5.41) is 13.1. The molecule has 4 rings (SSSR count). The van der Waals surface area contributed by atoms with E-state index in [9.17, 15) is 10.1 Å². The lowest BCUT2D eigenvalue weighted by Crippen LogP contribution is -2.02. The van der Waals surface area contributed by atoms with E-state index in [1.54, 1.807) is 13.8 Å². The Morgan fingerprint density at radius 3 is 2.78 bits per heavy atom. The predicted molar refractivity (Wildman–Crippen MR) is 106 cm³/mol. The molecular weight excluding hydrogens is 358 g/mol. The third-order valence-corrected chi connectivity index (χ3v) is 5.38. The Bertz CT molecular complexity index is 1290. The van der Waals surface area contributed by atoms with Crippen molar-refractivity contribution < 1.29 is 4.42 Å². The van der Waals surface area contributed by atoms with Gasteiger partial charge in [-0.1, -0.05) is 30.3 Å². The molecule has 0 spiro atoms. The molecule has 0 saturated carbocycles. The second-order valence-electron chi connectivity index (χ2n) is 6.19. The topological polar surface area (TPSA) is 79.8 Å². The van der Waals surface area contributed by atoms with Crippen molar-refractivity contribution in [2.75, 3.05) is 0 Å². The van der Waals surface area contributed by atoms with E-state index < -0.39 is 0 Å². The van der Waals surface area contributed by atoms with Gasteiger partial charge in [0.15, 0.2) is 0 Å². The molecule has 0 aliphatic carbocycles. The van der Waals surface area contributed by atoms with Crippen LogP contribution in [0.1, 0.15) is 22.6 Å². The molecule has 0 radical (unpaired) electrons. The fourth-order valence-corrected chi connectivity index (χ4v) is 4.25. The van der Waals surface area contributed by atoms with Gasteiger partial charge in [0.05, 0.1) is 5.69 Å². The maximum atomic E-state index is 12.0. The Labute approximate surface area is 159 Å². The van der Waals surface area contributed by atoms with Gasteiger partial charge >= 0.3 is 5.63 Å². The minimum Gasteiger partial charge on any atom is -0.423 e. The highest BCUT2D eigenvalue weighted by molar-refractivity contribution is 7.98. The lowest BCUT2D eigenvalue weighted by molar-refractivity contribution is 0.560. The third kappa shape index (κ3) is 3.18. The van der Waals surface area contributed by atoms with Crippen molar-refractivity contribution in [3.05, 3.63) is 75.5 Å². The molecule has 0 atom stereocenters. The number of fused-ring (bicyclic) bond motifs is 3. The highest BCUT2D eigenvalue weighted by Crippen LogP contribution is 2.32. The van der Waals surface area contributed by atoms with E-state index in [2.05, 4.69) is 16.0 Å². The number of nitrogens with zero attached hydrogens (tertiary/aromatic N) is 3. The number of hydrogen-bond acceptors (Lipinski definition) is 6. The van der Waals surface area contributed by atoms with Crippen LogP contribution in [-0.4, -0.2) is 9.97 Å². The summed E-state index contributed by atoms with van der Waals surface area (Å²) in [5.41, 5.74) is 2.18. The first-order valence-electron chi connectivity index (χ1n) is 8.39. The van der Waals surface area contributed by atoms with Gasteiger partial charge in [-0.3, -0.25) is 0 Å². The number of hydrogen-bond donors (Lipinski definition) is 0. The fourth-order valence-electron chi connectivity index (χ4n) is 3.19. The van der Waals surface area contributed by atoms with Gasteiger partial charge in [-0.15, -0.1) is 11.8 Å². The molecule has 5 nitrogen and oxygen atoms in total. The lowest BCUT2D eigenvalue weighted by atomic mass is 10.0. The van der Waals surface area contributed by atoms with E-state index in [1.165, 1.54) is 17.8 Å². The molecule has 4 aromatic rings. The summed E-state index contributed by atoms with van der Waals surface area (Å²) in [5.74, 6) is 1.12. The van der Waals surface area contributed by atoms with Crippen LogP contribution in [0.5, 0.6) is 0 Å². The lowest BCUT2D eigenvalue weighted by Gasteiger charge is -2.10. The third-order valence-electron chi connectivity index (χ3n) is 4.36. The molecule has 0 unspecified atom stereocenters. The minimum atomic E-state index is -0.385. The number of rotatable bonds is 3. The highest BCUT2D eigenvalue weighted by Gasteiger charge is 2.14. The summed E-state index contributed by atoms with van der Waals surface area (Å²) >= 11 is 1.43. The van der Waals surface area contributed by atoms with Crippen LogP contribution in [0.4, 0.5) is 0 Å². The van der Waals surface area contributed by atoms with Crippen LogP contribution in [0.3, 0.4) is 0 Å². The zero-order chi connectivity index (χ0) is 19.0. The van der Waals surface area contributed by atoms with E-state index >= 15 is 0 Å². The standard InChI is InChI=1S/C21H15N3O2S/c1-12-17(10-22)21(24-13(2)23-12)27-11-15-9-19(25)26-18-8-7-14-5-3-4-6-16(14)20(15)18/h3-9H,11H2,1-2H3. The maximum Gasteiger partial charge on any atom is 0.336 e. The van der Waals surface area contributed by atoms with Gasteiger partial charge in [-0.25, -0.2) is 14.8 Å². The first kappa shape index (κ1) is 17.3. The van der Waals surface area contributed by atoms with Crippen LogP contribution in [0.15, 0.2) is 56.7 Å². The largest absolute Gasteiger partial charge is 0.423 e. The molecule has 2 aromatic heterocycles. The average molecular weight is 373 g/mol. The molecule has 0 N–H and O–H groups in total. The van der Waals surface area contributed by atoms with Gasteiger partial charge in [-0.2, -0.15) is 5.26 Å². The zero-order valence-corrected chi connectivity index (χ0v) is 15.6. The van der Waals surface area contributed by atoms with Crippen LogP contribution in [0.25, 0.3) is 21.7 Å². The van der Waals surface area contributed by atoms with Gasteiger partial charge < -0.3 is 4.42 Å². The normalized spacial score (nSPS) is 11.0. The van der Waals surface area contributed by atoms with Gasteiger partial charge in [0.2, 0.25) is 0 Å². The van der Waals surface area contributed by atoms with Crippen molar-refractivity contribution in [1.82, 2.24) is 9.97 Å². The Morgan fingerprint density at radius 2 is 1.96 bits per heavy atom. The minimum absolute atomic E-state index is 0.385. The number of aromatic nitrogens is 2. The predicted octanol–water partition coefficient (Wildman–Crippen LogP) is 4.52. The number of benzene rings is 2. The SMILES string of the molecule is Cc1nc(C)c(C#N)c(SCc2cc(=O)oc3ccc4ccccc4c23)n1. The summed E-state index contributed by atoms with van der Waals surface area (Å²) in [7, 11) is 0. The average Bonchev–Trinajstić information content (AvgIpc) is 2.65. The Morgan fingerprint density at radius 1 is 1.15 bits per heavy atom. The van der Waals surface area contributed by atoms with Crippen LogP contribution in [0, 0.1) is 25.2 Å². The summed E-state index contributed by atoms with van der Waals surface area (Å²) in [6, 6.07) is 15.5. The molecule has 0 aliphatic heterocycles. The molecule has 0 aliphatic rings. The number of thioether (sulfide) groups is 1. The Kier molecular flexibility index (Phi) is 4.38. The van der Waals surface area contributed by atoms with Gasteiger partial charge in [-0.05, 0) is 36.2 Å². The van der Waals surface area contributed by atoms with E-state index in [0.717, 1.165) is 21.7 Å². The van der Waals surface area contributed by atoms with Crippen molar-refractivity contribution in [1.29, 1.82) is 5.26 Å². The zero-order valence-electron chi connectivity index (χ0n) is 14.8. The second kappa shape index (κ2) is 6.86. The van der Waals surface area contributed by atoms with E-state index in [-0.39, 0.29) is 5.63 Å². The van der Waals surface area contributed by atoms with Crippen molar-refractivity contribution >= 4 is 33.5 Å². The van der Waals surface area contributed by atoms with Crippen LogP contribution >= 0.6 is 11.8 Å². The molecule has 27 heavy (non-hydrogen) atoms. The van der Waals surface area contributed by atoms with Crippen LogP contribution in [0.2, 0.25) is 0 Å². The van der Waals surface area contributed by atoms with Crippen molar-refractivity contribution in [2.24, 2.45) is 0 Å². The van der Waals surface area contributed by atoms with Crippen LogP contribution in [-0.2, 0) is 5.75 Å². The van der Waals surface area contributed by atoms with Crippen LogP contribution < -0.4 is 5.63 Å². The summed E-state index contributed by atoms with van der Waals surface area (Å²) < 4.78 is 5.40. The Balaban J connectivity index is 1.85. The number of aryl methyl sites for hydroxylation is 2. The quantitative estimate of drug-likeness (QED) is 0.227. The van der Waals surface area contributed by atoms with E-state index in [0.29, 0.717) is 33.4 Å². The molecule has 2 aromatic carbocycles. The molecule has 6 heteroatoms. The summed E-state index contributed by atoms with van der Waals surface area (Å²) in [4.78, 5) is 20.7. The smallest absolute Gasteiger partial charge is 0.336 e. The van der Waals surface area contributed by atoms with Crippen molar-refractivity contribution in [3.8, 4) is 6.07 Å². The molecule has 2 heterocycles. The molecule has 0 bridgehead atoms. The number of nitriles is 1.